The Morgan fingerprint density at radius 1 is 0.594 bits per heavy atom. The SMILES string of the molecule is C.CC(C)(C)OC(=O)N(c1cc(F)cc(F)c1)c1cc(Cl)nc2c(C3CC3)cnn12.CC(C)(C)OC(=O)N1CC[C@@H](CN)[C@H](O)C1.O[C@@H]1CCCC[C@H]1CNc1cc(Cc2cc(F)cc(F)c2)n2ncc(C3CC3)c2n1.O[C@@H]1CNCC[C@H]1CNc1cc(Nc2cc(F)cc(F)c2)n2ncc(C3CC3)c2n1. The van der Waals surface area contributed by atoms with Gasteiger partial charge in [-0.15, -0.1) is 0 Å². The number of nitrogens with zero attached hydrogens (tertiary/aromatic N) is 11. The summed E-state index contributed by atoms with van der Waals surface area (Å²) in [5.41, 5.74) is 11.0. The lowest BCUT2D eigenvalue weighted by Gasteiger charge is -2.36. The summed E-state index contributed by atoms with van der Waals surface area (Å²) in [5.74, 6) is -0.323. The summed E-state index contributed by atoms with van der Waals surface area (Å²) in [5, 5.41) is 56.7. The van der Waals surface area contributed by atoms with Crippen molar-refractivity contribution in [3.05, 3.63) is 159 Å². The van der Waals surface area contributed by atoms with Gasteiger partial charge in [0.1, 0.15) is 74.5 Å². The second kappa shape index (κ2) is 33.5. The molecule has 9 aromatic rings. The predicted octanol–water partition coefficient (Wildman–Crippen LogP) is 14.3. The van der Waals surface area contributed by atoms with Gasteiger partial charge in [-0.25, -0.2) is 60.3 Å². The van der Waals surface area contributed by atoms with E-state index >= 15 is 0 Å². The Balaban J connectivity index is 0.000000144. The lowest BCUT2D eigenvalue weighted by atomic mass is 9.86. The standard InChI is InChI=1S/C23H26F2N4O.C21H24F2N6O.C20H19ClF2N4O2.C11H22N2O3.CH4/c24-17-7-14(8-18(25)10-17)9-19-11-22(26-12-16-3-1-2-4-21(16)30)28-23-20(15-5-6-15)13-27-29(19)23;22-14-5-15(23)7-16(6-14)27-20-8-19(25-9-13-3-4-24-11-18(13)30)28-21-17(12-1-2-12)10-26-29(20)21;1-20(2,3)29-19(28)26(14-7-12(22)6-13(23)8-14)17-9-16(21)25-18-15(11-4-5-11)10-24-27(17)18;1-11(2,3)16-10(15)13-5-4-8(6-12)9(14)7-13;/h7-8,10-11,13,15-16,21,30H,1-6,9,12H2,(H,26,28);5-8,10,12-13,18,24,27,30H,1-4,9,11H2,(H,25,28);6-11H,4-5H2,1-3H3;8-9,14H,4-7,12H2,1-3H3;1H4/t16-,21+;13-,18+;;8-,9+;/m00.0./s1. The first-order chi connectivity index (χ1) is 50.1. The van der Waals surface area contributed by atoms with Crippen molar-refractivity contribution in [2.45, 2.75) is 180 Å². The summed E-state index contributed by atoms with van der Waals surface area (Å²) < 4.78 is 98.2. The molecular weight excluding hydrogens is 1400 g/mol. The van der Waals surface area contributed by atoms with E-state index in [1.54, 1.807) is 47.0 Å². The Bertz CT molecular complexity index is 4330. The number of rotatable bonds is 16. The molecule has 0 spiro atoms. The van der Waals surface area contributed by atoms with E-state index < -0.39 is 64.4 Å². The molecule has 0 unspecified atom stereocenters. The van der Waals surface area contributed by atoms with E-state index in [9.17, 15) is 51.3 Å². The molecule has 0 bridgehead atoms. The minimum Gasteiger partial charge on any atom is -0.444 e. The number of amides is 2. The second-order valence-corrected chi connectivity index (χ2v) is 30.5. The lowest BCUT2D eigenvalue weighted by Crippen LogP contribution is -2.49. The van der Waals surface area contributed by atoms with Gasteiger partial charge in [0.2, 0.25) is 0 Å². The first-order valence-electron chi connectivity index (χ1n) is 36.0. The molecule has 9 N–H and O–H groups in total. The van der Waals surface area contributed by atoms with Crippen LogP contribution in [0.15, 0.2) is 91.4 Å². The van der Waals surface area contributed by atoms with Gasteiger partial charge in [0.05, 0.1) is 54.8 Å². The van der Waals surface area contributed by atoms with Gasteiger partial charge >= 0.3 is 12.2 Å². The molecule has 30 heteroatoms. The maximum atomic E-state index is 13.9. The first kappa shape index (κ1) is 78.2. The number of aromatic nitrogens is 9. The number of hydrogen-bond donors (Lipinski definition) is 8. The molecule has 8 heterocycles. The van der Waals surface area contributed by atoms with Crippen LogP contribution in [0.4, 0.5) is 70.6 Å². The highest BCUT2D eigenvalue weighted by Crippen LogP contribution is 2.45. The van der Waals surface area contributed by atoms with Crippen LogP contribution in [0, 0.1) is 52.7 Å². The van der Waals surface area contributed by atoms with Gasteiger partial charge in [-0.05, 0) is 179 Å². The van der Waals surface area contributed by atoms with Crippen molar-refractivity contribution in [1.82, 2.24) is 54.0 Å². The van der Waals surface area contributed by atoms with Crippen molar-refractivity contribution < 1.29 is 60.7 Å². The fraction of sp³-hybridized carbons (Fsp3) is 0.500. The molecule has 2 aliphatic heterocycles. The molecule has 6 aromatic heterocycles. The molecule has 0 radical (unpaired) electrons. The number of carbonyl (C=O) groups is 2. The van der Waals surface area contributed by atoms with Crippen LogP contribution >= 0.6 is 11.6 Å². The zero-order valence-electron chi connectivity index (χ0n) is 59.6. The number of ether oxygens (including phenoxy) is 2. The zero-order chi connectivity index (χ0) is 74.6. The molecule has 3 aromatic carbocycles. The summed E-state index contributed by atoms with van der Waals surface area (Å²) >= 11 is 6.23. The molecule has 2 amide bonds. The van der Waals surface area contributed by atoms with Crippen LogP contribution in [0.25, 0.3) is 16.9 Å². The van der Waals surface area contributed by atoms with Crippen molar-refractivity contribution in [2.24, 2.45) is 23.5 Å². The van der Waals surface area contributed by atoms with Gasteiger partial charge in [-0.3, -0.25) is 0 Å². The molecule has 6 aliphatic rings. The van der Waals surface area contributed by atoms with Gasteiger partial charge in [0.15, 0.2) is 16.9 Å². The van der Waals surface area contributed by atoms with E-state index in [1.165, 1.54) is 34.8 Å². The van der Waals surface area contributed by atoms with Gasteiger partial charge in [0.25, 0.3) is 0 Å². The van der Waals surface area contributed by atoms with Crippen LogP contribution in [-0.2, 0) is 15.9 Å². The maximum Gasteiger partial charge on any atom is 0.420 e. The topological polar surface area (TPSA) is 284 Å². The van der Waals surface area contributed by atoms with Crippen LogP contribution in [0.5, 0.6) is 0 Å². The highest BCUT2D eigenvalue weighted by atomic mass is 35.5. The summed E-state index contributed by atoms with van der Waals surface area (Å²) in [6.45, 7) is 14.7. The highest BCUT2D eigenvalue weighted by molar-refractivity contribution is 6.30. The van der Waals surface area contributed by atoms with Crippen molar-refractivity contribution in [2.75, 3.05) is 66.7 Å². The Labute approximate surface area is 616 Å². The second-order valence-electron chi connectivity index (χ2n) is 30.1. The Morgan fingerprint density at radius 2 is 1.10 bits per heavy atom. The Hall–Kier alpha value is -8.87. The van der Waals surface area contributed by atoms with Crippen LogP contribution in [-0.4, -0.2) is 152 Å². The van der Waals surface area contributed by atoms with E-state index in [0.29, 0.717) is 92.0 Å². The number of nitrogens with two attached hydrogens (primary N) is 1. The van der Waals surface area contributed by atoms with Gasteiger partial charge in [-0.2, -0.15) is 24.3 Å². The summed E-state index contributed by atoms with van der Waals surface area (Å²) in [4.78, 5) is 41.2. The van der Waals surface area contributed by atoms with Crippen molar-refractivity contribution in [1.29, 1.82) is 0 Å². The van der Waals surface area contributed by atoms with E-state index in [4.69, 9.17) is 36.8 Å². The van der Waals surface area contributed by atoms with E-state index in [2.05, 4.69) is 41.5 Å². The highest BCUT2D eigenvalue weighted by Gasteiger charge is 2.36. The summed E-state index contributed by atoms with van der Waals surface area (Å²) in [7, 11) is 0. The molecule has 106 heavy (non-hydrogen) atoms. The number of anilines is 6. The number of piperidine rings is 2. The zero-order valence-corrected chi connectivity index (χ0v) is 60.4. The molecular formula is C76H95ClF6N16O7. The maximum absolute atomic E-state index is 13.9. The van der Waals surface area contributed by atoms with Crippen LogP contribution < -0.4 is 31.9 Å². The minimum absolute atomic E-state index is 0. The number of halogens is 7. The third kappa shape index (κ3) is 20.2. The molecule has 2 saturated heterocycles. The number of hydrogen-bond acceptors (Lipinski definition) is 18. The molecule has 6 atom stereocenters. The first-order valence-corrected chi connectivity index (χ1v) is 36.3. The summed E-state index contributed by atoms with van der Waals surface area (Å²) in [6, 6.07) is 14.8. The molecule has 570 valence electrons. The van der Waals surface area contributed by atoms with Gasteiger partial charge < -0.3 is 56.7 Å². The average molecular weight is 1490 g/mol. The van der Waals surface area contributed by atoms with Gasteiger partial charge in [0, 0.05) is 109 Å². The number of carbonyl (C=O) groups excluding carboxylic acids is 2. The molecule has 6 fully saturated rings. The third-order valence-electron chi connectivity index (χ3n) is 19.2. The normalized spacial score (nSPS) is 20.3. The number of β-amino-alcohol motifs (C(OH)–C–C–N with tert-alkyl or cyclic N) is 2. The van der Waals surface area contributed by atoms with E-state index in [1.807, 2.05) is 39.2 Å². The largest absolute Gasteiger partial charge is 0.444 e. The average Bonchev–Trinajstić information content (AvgIpc) is 1.58. The van der Waals surface area contributed by atoms with Gasteiger partial charge in [-0.1, -0.05) is 31.9 Å². The smallest absolute Gasteiger partial charge is 0.420 e. The quantitative estimate of drug-likeness (QED) is 0.0330. The van der Waals surface area contributed by atoms with E-state index in [-0.39, 0.29) is 54.0 Å². The Morgan fingerprint density at radius 3 is 1.64 bits per heavy atom. The Kier molecular flexibility index (Phi) is 24.7. The summed E-state index contributed by atoms with van der Waals surface area (Å²) in [6.07, 6.45) is 15.5. The number of nitrogens with one attached hydrogen (secondary N) is 4. The monoisotopic (exact) mass is 1490 g/mol. The van der Waals surface area contributed by atoms with Crippen LogP contribution in [0.1, 0.15) is 172 Å². The fourth-order valence-corrected chi connectivity index (χ4v) is 13.5. The number of likely N-dealkylation sites (tertiary alicyclic amines) is 1. The number of fused-ring (bicyclic) bond motifs is 3. The minimum atomic E-state index is -0.833. The number of aliphatic hydroxyl groups is 3. The molecule has 23 nitrogen and oxygen atoms in total. The fourth-order valence-electron chi connectivity index (χ4n) is 13.3. The number of aliphatic hydroxyl groups excluding tert-OH is 3. The molecule has 4 aliphatic carbocycles. The predicted molar refractivity (Wildman–Crippen MR) is 393 cm³/mol. The lowest BCUT2D eigenvalue weighted by molar-refractivity contribution is -0.0110. The molecule has 15 rings (SSSR count). The van der Waals surface area contributed by atoms with Crippen molar-refractivity contribution in [3.63, 3.8) is 0 Å². The number of benzene rings is 3. The van der Waals surface area contributed by atoms with Crippen molar-refractivity contribution >= 4 is 75.4 Å². The van der Waals surface area contributed by atoms with Crippen LogP contribution in [0.3, 0.4) is 0 Å². The van der Waals surface area contributed by atoms with Crippen molar-refractivity contribution in [3.8, 4) is 0 Å². The molecule has 4 saturated carbocycles. The third-order valence-corrected chi connectivity index (χ3v) is 19.3. The van der Waals surface area contributed by atoms with Crippen LogP contribution in [0.2, 0.25) is 5.15 Å². The van der Waals surface area contributed by atoms with E-state index in [0.717, 1.165) is 158 Å².